The van der Waals surface area contributed by atoms with Crippen molar-refractivity contribution in [2.75, 3.05) is 0 Å². The van der Waals surface area contributed by atoms with Crippen molar-refractivity contribution < 1.29 is 14.0 Å². The van der Waals surface area contributed by atoms with E-state index < -0.39 is 23.3 Å². The zero-order valence-corrected chi connectivity index (χ0v) is 16.3. The van der Waals surface area contributed by atoms with Crippen LogP contribution < -0.4 is 10.9 Å². The number of halogens is 1. The van der Waals surface area contributed by atoms with Gasteiger partial charge in [-0.05, 0) is 55.0 Å². The molecular formula is C22H16FN5O3. The summed E-state index contributed by atoms with van der Waals surface area (Å²) in [7, 11) is 0. The van der Waals surface area contributed by atoms with E-state index in [0.29, 0.717) is 22.5 Å². The molecule has 0 radical (unpaired) electrons. The molecule has 0 bridgehead atoms. The number of imide groups is 1. The van der Waals surface area contributed by atoms with Crippen LogP contribution >= 0.6 is 0 Å². The normalized spacial score (nSPS) is 14.7. The number of urea groups is 1. The Balaban J connectivity index is 1.61. The Morgan fingerprint density at radius 2 is 1.74 bits per heavy atom. The lowest BCUT2D eigenvalue weighted by molar-refractivity contribution is -0.123. The van der Waals surface area contributed by atoms with E-state index in [0.717, 1.165) is 4.90 Å². The Bertz CT molecular complexity index is 1310. The molecule has 8 nitrogen and oxygen atoms in total. The lowest BCUT2D eigenvalue weighted by atomic mass is 10.1. The van der Waals surface area contributed by atoms with Crippen LogP contribution in [0.5, 0.6) is 0 Å². The smallest absolute Gasteiger partial charge is 0.303 e. The molecule has 1 aromatic heterocycles. The number of nitrogens with zero attached hydrogens (tertiary/aromatic N) is 3. The number of rotatable bonds is 4. The van der Waals surface area contributed by atoms with E-state index in [9.17, 15) is 18.8 Å². The van der Waals surface area contributed by atoms with E-state index in [-0.39, 0.29) is 17.8 Å². The van der Waals surface area contributed by atoms with E-state index in [2.05, 4.69) is 10.4 Å². The molecular weight excluding hydrogens is 401 g/mol. The monoisotopic (exact) mass is 417 g/mol. The van der Waals surface area contributed by atoms with Gasteiger partial charge in [-0.15, -0.1) is 0 Å². The number of aromatic nitrogens is 2. The number of nitrogens with one attached hydrogen (secondary N) is 2. The van der Waals surface area contributed by atoms with Crippen LogP contribution in [0.3, 0.4) is 0 Å². The van der Waals surface area contributed by atoms with Crippen LogP contribution in [-0.2, 0) is 11.3 Å². The van der Waals surface area contributed by atoms with E-state index in [4.69, 9.17) is 5.26 Å². The first kappa shape index (κ1) is 19.8. The molecule has 2 aromatic carbocycles. The second-order valence-electron chi connectivity index (χ2n) is 6.96. The lowest BCUT2D eigenvalue weighted by Crippen LogP contribution is -2.30. The maximum absolute atomic E-state index is 13.2. The van der Waals surface area contributed by atoms with Gasteiger partial charge in [0.25, 0.3) is 11.5 Å². The van der Waals surface area contributed by atoms with Gasteiger partial charge in [0.15, 0.2) is 0 Å². The molecule has 154 valence electrons. The maximum Gasteiger partial charge on any atom is 0.329 e. The Morgan fingerprint density at radius 1 is 1.06 bits per heavy atom. The molecule has 0 saturated carbocycles. The van der Waals surface area contributed by atoms with Crippen molar-refractivity contribution in [1.29, 1.82) is 5.26 Å². The number of aryl methyl sites for hydroxylation is 1. The van der Waals surface area contributed by atoms with E-state index in [1.54, 1.807) is 31.2 Å². The molecule has 1 aliphatic heterocycles. The van der Waals surface area contributed by atoms with Gasteiger partial charge < -0.3 is 5.32 Å². The summed E-state index contributed by atoms with van der Waals surface area (Å²) in [6, 6.07) is 13.3. The summed E-state index contributed by atoms with van der Waals surface area (Å²) < 4.78 is 14.4. The van der Waals surface area contributed by atoms with Crippen LogP contribution in [0, 0.1) is 24.1 Å². The zero-order chi connectivity index (χ0) is 22.1. The maximum atomic E-state index is 13.2. The number of aromatic amines is 1. The van der Waals surface area contributed by atoms with Crippen LogP contribution in [0.4, 0.5) is 9.18 Å². The van der Waals surface area contributed by atoms with Crippen molar-refractivity contribution in [3.8, 4) is 11.8 Å². The molecule has 3 aromatic rings. The third-order valence-electron chi connectivity index (χ3n) is 4.88. The quantitative estimate of drug-likeness (QED) is 0.502. The SMILES string of the molecule is Cc1[nH]n(-c2ccc(F)cc2)c(=O)c1/C=C1\NC(=O)N(Cc2ccc(C#N)cc2)C1=O. The fraction of sp³-hybridized carbons (Fsp3) is 0.0909. The first-order valence-corrected chi connectivity index (χ1v) is 9.28. The predicted molar refractivity (Wildman–Crippen MR) is 109 cm³/mol. The van der Waals surface area contributed by atoms with Gasteiger partial charge in [-0.25, -0.2) is 13.9 Å². The molecule has 0 unspecified atom stereocenters. The number of hydrogen-bond donors (Lipinski definition) is 2. The van der Waals surface area contributed by atoms with Crippen molar-refractivity contribution in [1.82, 2.24) is 20.0 Å². The second-order valence-corrected chi connectivity index (χ2v) is 6.96. The molecule has 1 saturated heterocycles. The van der Waals surface area contributed by atoms with Crippen molar-refractivity contribution in [2.24, 2.45) is 0 Å². The molecule has 0 atom stereocenters. The Morgan fingerprint density at radius 3 is 2.39 bits per heavy atom. The Kier molecular flexibility index (Phi) is 4.97. The Hall–Kier alpha value is -4.45. The predicted octanol–water partition coefficient (Wildman–Crippen LogP) is 2.58. The van der Waals surface area contributed by atoms with Crippen LogP contribution in [0.2, 0.25) is 0 Å². The first-order chi connectivity index (χ1) is 14.9. The number of nitriles is 1. The van der Waals surface area contributed by atoms with Gasteiger partial charge in [0, 0.05) is 5.69 Å². The summed E-state index contributed by atoms with van der Waals surface area (Å²) in [6.45, 7) is 1.68. The van der Waals surface area contributed by atoms with Crippen LogP contribution in [0.15, 0.2) is 59.0 Å². The molecule has 0 spiro atoms. The largest absolute Gasteiger partial charge is 0.329 e. The summed E-state index contributed by atoms with van der Waals surface area (Å²) in [4.78, 5) is 38.9. The number of carbonyl (C=O) groups is 2. The Labute approximate surface area is 175 Å². The fourth-order valence-electron chi connectivity index (χ4n) is 3.23. The first-order valence-electron chi connectivity index (χ1n) is 9.28. The molecule has 2 N–H and O–H groups in total. The molecule has 0 aliphatic carbocycles. The van der Waals surface area contributed by atoms with Crippen molar-refractivity contribution in [3.63, 3.8) is 0 Å². The van der Waals surface area contributed by atoms with E-state index in [1.165, 1.54) is 35.0 Å². The van der Waals surface area contributed by atoms with Crippen LogP contribution in [0.1, 0.15) is 22.4 Å². The van der Waals surface area contributed by atoms with Gasteiger partial charge >= 0.3 is 6.03 Å². The number of hydrogen-bond acceptors (Lipinski definition) is 4. The lowest BCUT2D eigenvalue weighted by Gasteiger charge is -2.11. The van der Waals surface area contributed by atoms with Crippen molar-refractivity contribution in [3.05, 3.63) is 92.8 Å². The molecule has 2 heterocycles. The average molecular weight is 417 g/mol. The summed E-state index contributed by atoms with van der Waals surface area (Å²) in [5.41, 5.74) is 1.81. The van der Waals surface area contributed by atoms with Crippen molar-refractivity contribution in [2.45, 2.75) is 13.5 Å². The highest BCUT2D eigenvalue weighted by Gasteiger charge is 2.34. The number of amides is 3. The highest BCUT2D eigenvalue weighted by Crippen LogP contribution is 2.18. The standard InChI is InChI=1S/C22H16FN5O3/c1-13-18(20(29)28(26-13)17-8-6-16(23)7-9-17)10-19-21(30)27(22(31)25-19)12-15-4-2-14(11-24)3-5-15/h2-10,26H,12H2,1H3,(H,25,31)/b19-10-. The highest BCUT2D eigenvalue weighted by atomic mass is 19.1. The van der Waals surface area contributed by atoms with Crippen molar-refractivity contribution >= 4 is 18.0 Å². The minimum Gasteiger partial charge on any atom is -0.303 e. The van der Waals surface area contributed by atoms with Gasteiger partial charge in [0.05, 0.1) is 29.4 Å². The average Bonchev–Trinajstić information content (AvgIpc) is 3.19. The van der Waals surface area contributed by atoms with E-state index >= 15 is 0 Å². The zero-order valence-electron chi connectivity index (χ0n) is 16.3. The van der Waals surface area contributed by atoms with Gasteiger partial charge in [-0.2, -0.15) is 5.26 Å². The van der Waals surface area contributed by atoms with Gasteiger partial charge in [0.1, 0.15) is 11.5 Å². The third-order valence-corrected chi connectivity index (χ3v) is 4.88. The molecule has 1 fully saturated rings. The number of benzene rings is 2. The fourth-order valence-corrected chi connectivity index (χ4v) is 3.23. The van der Waals surface area contributed by atoms with Crippen LogP contribution in [0.25, 0.3) is 11.8 Å². The molecule has 4 rings (SSSR count). The van der Waals surface area contributed by atoms with Gasteiger partial charge in [-0.1, -0.05) is 12.1 Å². The van der Waals surface area contributed by atoms with E-state index in [1.807, 2.05) is 6.07 Å². The summed E-state index contributed by atoms with van der Waals surface area (Å²) in [5, 5.41) is 14.2. The molecule has 31 heavy (non-hydrogen) atoms. The summed E-state index contributed by atoms with van der Waals surface area (Å²) in [6.07, 6.45) is 1.33. The highest BCUT2D eigenvalue weighted by molar-refractivity contribution is 6.13. The second kappa shape index (κ2) is 7.76. The molecule has 3 amide bonds. The molecule has 9 heteroatoms. The summed E-state index contributed by atoms with van der Waals surface area (Å²) >= 11 is 0. The summed E-state index contributed by atoms with van der Waals surface area (Å²) in [5.74, 6) is -0.994. The minimum absolute atomic E-state index is 0.0240. The van der Waals surface area contributed by atoms with Gasteiger partial charge in [-0.3, -0.25) is 19.6 Å². The number of H-pyrrole nitrogens is 1. The topological polar surface area (TPSA) is 111 Å². The molecule has 1 aliphatic rings. The minimum atomic E-state index is -0.604. The number of carbonyl (C=O) groups excluding carboxylic acids is 2. The van der Waals surface area contributed by atoms with Crippen LogP contribution in [-0.4, -0.2) is 26.6 Å². The third kappa shape index (κ3) is 3.74. The van der Waals surface area contributed by atoms with Gasteiger partial charge in [0.2, 0.25) is 0 Å².